The van der Waals surface area contributed by atoms with Crippen LogP contribution in [0.1, 0.15) is 37.7 Å². The van der Waals surface area contributed by atoms with E-state index in [-0.39, 0.29) is 25.7 Å². The number of thioether (sulfide) groups is 1. The number of amides is 4. The van der Waals surface area contributed by atoms with Crippen molar-refractivity contribution in [1.29, 1.82) is 0 Å². The molecule has 0 aliphatic rings. The van der Waals surface area contributed by atoms with Crippen LogP contribution in [0.3, 0.4) is 0 Å². The topological polar surface area (TPSA) is 247 Å². The molecular formula is C26H36N6O8S. The van der Waals surface area contributed by atoms with E-state index in [1.165, 1.54) is 11.8 Å². The SMILES string of the molecule is CSCCC(N)C(=O)NC(Cc1c[nH]c2ccccc12)C(=O)NC(CCC(=O)O)C(=O)NC(CCC(N)=O)C(=O)O. The van der Waals surface area contributed by atoms with Crippen molar-refractivity contribution >= 4 is 58.2 Å². The van der Waals surface area contributed by atoms with Gasteiger partial charge in [0, 0.05) is 36.4 Å². The van der Waals surface area contributed by atoms with Crippen LogP contribution in [0, 0.1) is 0 Å². The highest BCUT2D eigenvalue weighted by Crippen LogP contribution is 2.19. The molecule has 10 N–H and O–H groups in total. The summed E-state index contributed by atoms with van der Waals surface area (Å²) < 4.78 is 0. The number of aliphatic carboxylic acids is 2. The van der Waals surface area contributed by atoms with Gasteiger partial charge in [-0.25, -0.2) is 4.79 Å². The second-order valence-corrected chi connectivity index (χ2v) is 10.4. The number of nitrogens with two attached hydrogens (primary N) is 2. The number of benzene rings is 1. The smallest absolute Gasteiger partial charge is 0.326 e. The molecule has 1 aromatic heterocycles. The standard InChI is InChI=1S/C26H36N6O8S/c1-41-11-10-16(27)23(36)32-20(12-14-13-29-17-5-3-2-4-15(14)17)25(38)30-18(7-9-22(34)35)24(37)31-19(26(39)40)6-8-21(28)33/h2-5,13,16,18-20,29H,6-12,27H2,1H3,(H2,28,33)(H,30,38)(H,31,37)(H,32,36)(H,34,35)(H,39,40). The molecule has 4 amide bonds. The molecule has 0 aliphatic heterocycles. The number of nitrogens with one attached hydrogen (secondary N) is 4. The molecule has 4 unspecified atom stereocenters. The van der Waals surface area contributed by atoms with E-state index >= 15 is 0 Å². The minimum absolute atomic E-state index is 0.0144. The highest BCUT2D eigenvalue weighted by molar-refractivity contribution is 7.98. The Kier molecular flexibility index (Phi) is 13.1. The lowest BCUT2D eigenvalue weighted by Gasteiger charge is -2.25. The molecule has 224 valence electrons. The first kappa shape index (κ1) is 33.1. The van der Waals surface area contributed by atoms with Gasteiger partial charge in [0.25, 0.3) is 0 Å². The van der Waals surface area contributed by atoms with Gasteiger partial charge in [-0.2, -0.15) is 11.8 Å². The number of H-pyrrole nitrogens is 1. The Labute approximate surface area is 240 Å². The van der Waals surface area contributed by atoms with Crippen LogP contribution in [0.25, 0.3) is 10.9 Å². The normalized spacial score (nSPS) is 13.9. The number of fused-ring (bicyclic) bond motifs is 1. The first-order valence-electron chi connectivity index (χ1n) is 12.9. The van der Waals surface area contributed by atoms with E-state index in [2.05, 4.69) is 20.9 Å². The molecule has 0 radical (unpaired) electrons. The van der Waals surface area contributed by atoms with Gasteiger partial charge < -0.3 is 42.6 Å². The zero-order valence-electron chi connectivity index (χ0n) is 22.6. The molecule has 0 aliphatic carbocycles. The Hall–Kier alpha value is -4.11. The average Bonchev–Trinajstić information content (AvgIpc) is 3.33. The molecule has 4 atom stereocenters. The number of carboxylic acids is 2. The van der Waals surface area contributed by atoms with Crippen LogP contribution in [-0.4, -0.2) is 86.9 Å². The Balaban J connectivity index is 2.30. The molecule has 14 nitrogen and oxygen atoms in total. The van der Waals surface area contributed by atoms with Crippen LogP contribution in [0.2, 0.25) is 0 Å². The Morgan fingerprint density at radius 3 is 2.12 bits per heavy atom. The summed E-state index contributed by atoms with van der Waals surface area (Å²) in [5.41, 5.74) is 12.6. The maximum Gasteiger partial charge on any atom is 0.326 e. The van der Waals surface area contributed by atoms with Gasteiger partial charge in [-0.1, -0.05) is 18.2 Å². The van der Waals surface area contributed by atoms with Crippen LogP contribution in [0.5, 0.6) is 0 Å². The van der Waals surface area contributed by atoms with Gasteiger partial charge in [0.05, 0.1) is 6.04 Å². The fraction of sp³-hybridized carbons (Fsp3) is 0.462. The summed E-state index contributed by atoms with van der Waals surface area (Å²) in [6, 6.07) is 2.27. The molecular weight excluding hydrogens is 556 g/mol. The third-order valence-electron chi connectivity index (χ3n) is 6.28. The largest absolute Gasteiger partial charge is 0.481 e. The monoisotopic (exact) mass is 592 g/mol. The maximum atomic E-state index is 13.5. The van der Waals surface area contributed by atoms with Crippen LogP contribution in [0.4, 0.5) is 0 Å². The van der Waals surface area contributed by atoms with Gasteiger partial charge in [-0.3, -0.25) is 24.0 Å². The number of carbonyl (C=O) groups is 6. The maximum absolute atomic E-state index is 13.5. The van der Waals surface area contributed by atoms with Gasteiger partial charge >= 0.3 is 11.9 Å². The number of carbonyl (C=O) groups excluding carboxylic acids is 4. The van der Waals surface area contributed by atoms with Crippen molar-refractivity contribution in [2.24, 2.45) is 11.5 Å². The molecule has 2 aromatic rings. The number of aromatic amines is 1. The summed E-state index contributed by atoms with van der Waals surface area (Å²) in [5, 5.41) is 26.7. The molecule has 0 saturated carbocycles. The van der Waals surface area contributed by atoms with Crippen molar-refractivity contribution in [3.05, 3.63) is 36.0 Å². The van der Waals surface area contributed by atoms with Crippen molar-refractivity contribution in [2.45, 2.75) is 62.7 Å². The van der Waals surface area contributed by atoms with Crippen LogP contribution in [-0.2, 0) is 35.2 Å². The molecule has 2 rings (SSSR count). The second-order valence-electron chi connectivity index (χ2n) is 9.41. The minimum atomic E-state index is -1.50. The Morgan fingerprint density at radius 2 is 1.49 bits per heavy atom. The van der Waals surface area contributed by atoms with Crippen molar-refractivity contribution in [2.75, 3.05) is 12.0 Å². The molecule has 0 bridgehead atoms. The van der Waals surface area contributed by atoms with Gasteiger partial charge in [0.2, 0.25) is 23.6 Å². The van der Waals surface area contributed by atoms with Gasteiger partial charge in [-0.15, -0.1) is 0 Å². The first-order chi connectivity index (χ1) is 19.4. The first-order valence-corrected chi connectivity index (χ1v) is 14.3. The Bertz CT molecular complexity index is 1250. The number of primary amides is 1. The van der Waals surface area contributed by atoms with E-state index in [4.69, 9.17) is 16.6 Å². The number of carboxylic acid groups (broad SMARTS) is 2. The lowest BCUT2D eigenvalue weighted by atomic mass is 10.0. The predicted molar refractivity (Wildman–Crippen MR) is 152 cm³/mol. The summed E-state index contributed by atoms with van der Waals surface area (Å²) >= 11 is 1.51. The van der Waals surface area contributed by atoms with E-state index in [0.717, 1.165) is 10.9 Å². The third-order valence-corrected chi connectivity index (χ3v) is 6.92. The molecule has 1 heterocycles. The van der Waals surface area contributed by atoms with E-state index in [1.54, 1.807) is 6.20 Å². The van der Waals surface area contributed by atoms with Crippen LogP contribution in [0.15, 0.2) is 30.5 Å². The number of para-hydroxylation sites is 1. The summed E-state index contributed by atoms with van der Waals surface area (Å²) in [5.74, 6) is -5.18. The Morgan fingerprint density at radius 1 is 0.878 bits per heavy atom. The zero-order chi connectivity index (χ0) is 30.5. The lowest BCUT2D eigenvalue weighted by molar-refractivity contribution is -0.143. The second kappa shape index (κ2) is 16.2. The molecule has 0 saturated heterocycles. The quantitative estimate of drug-likeness (QED) is 0.110. The molecule has 41 heavy (non-hydrogen) atoms. The fourth-order valence-electron chi connectivity index (χ4n) is 4.01. The lowest BCUT2D eigenvalue weighted by Crippen LogP contribution is -2.57. The minimum Gasteiger partial charge on any atom is -0.481 e. The van der Waals surface area contributed by atoms with E-state index in [0.29, 0.717) is 17.7 Å². The molecule has 0 spiro atoms. The van der Waals surface area contributed by atoms with E-state index in [1.807, 2.05) is 30.5 Å². The summed E-state index contributed by atoms with van der Waals surface area (Å²) in [6.07, 6.45) is 2.42. The van der Waals surface area contributed by atoms with Gasteiger partial charge in [-0.05, 0) is 42.9 Å². The highest BCUT2D eigenvalue weighted by Gasteiger charge is 2.31. The highest BCUT2D eigenvalue weighted by atomic mass is 32.2. The predicted octanol–water partition coefficient (Wildman–Crippen LogP) is -0.540. The molecule has 0 fully saturated rings. The molecule has 15 heteroatoms. The summed E-state index contributed by atoms with van der Waals surface area (Å²) in [4.78, 5) is 76.4. The number of rotatable bonds is 18. The van der Waals surface area contributed by atoms with Crippen molar-refractivity contribution < 1.29 is 39.0 Å². The van der Waals surface area contributed by atoms with Gasteiger partial charge in [0.1, 0.15) is 18.1 Å². The average molecular weight is 593 g/mol. The fourth-order valence-corrected chi connectivity index (χ4v) is 4.50. The number of aromatic nitrogens is 1. The van der Waals surface area contributed by atoms with Crippen molar-refractivity contribution in [3.63, 3.8) is 0 Å². The summed E-state index contributed by atoms with van der Waals surface area (Å²) in [6.45, 7) is 0. The van der Waals surface area contributed by atoms with E-state index in [9.17, 15) is 33.9 Å². The summed E-state index contributed by atoms with van der Waals surface area (Å²) in [7, 11) is 0. The van der Waals surface area contributed by atoms with Crippen molar-refractivity contribution in [1.82, 2.24) is 20.9 Å². The van der Waals surface area contributed by atoms with Gasteiger partial charge in [0.15, 0.2) is 0 Å². The van der Waals surface area contributed by atoms with Crippen LogP contribution < -0.4 is 27.4 Å². The number of hydrogen-bond acceptors (Lipinski definition) is 8. The third kappa shape index (κ3) is 10.8. The van der Waals surface area contributed by atoms with Crippen molar-refractivity contribution in [3.8, 4) is 0 Å². The number of hydrogen-bond donors (Lipinski definition) is 8. The molecule has 1 aromatic carbocycles. The zero-order valence-corrected chi connectivity index (χ0v) is 23.4. The van der Waals surface area contributed by atoms with E-state index < -0.39 is 66.2 Å². The van der Waals surface area contributed by atoms with Crippen LogP contribution >= 0.6 is 11.8 Å².